The summed E-state index contributed by atoms with van der Waals surface area (Å²) in [5, 5.41) is 22.1. The van der Waals surface area contributed by atoms with Gasteiger partial charge in [-0.3, -0.25) is 0 Å². The highest BCUT2D eigenvalue weighted by molar-refractivity contribution is 7.04. The van der Waals surface area contributed by atoms with Gasteiger partial charge in [0.25, 0.3) is 13.4 Å². The normalized spacial score (nSPS) is 14.2. The zero-order chi connectivity index (χ0) is 87.0. The summed E-state index contributed by atoms with van der Waals surface area (Å²) in [5.41, 5.74) is 3.25. The molecule has 2 aromatic heterocycles. The molecule has 20 rings (SSSR count). The number of aryl methyl sites for hydroxylation is 3. The smallest absolute Gasteiger partial charge is 0.301 e. The lowest BCUT2D eigenvalue weighted by atomic mass is 9.30. The molecule has 0 spiro atoms. The minimum atomic E-state index is -1.26. The molecule has 0 saturated heterocycles. The van der Waals surface area contributed by atoms with Gasteiger partial charge in [-0.05, 0) is 271 Å². The number of halogens is 9. The molecule has 12 aromatic carbocycles. The van der Waals surface area contributed by atoms with Crippen molar-refractivity contribution in [3.8, 4) is 23.6 Å². The molecule has 6 aliphatic heterocycles. The minimum absolute atomic E-state index is 0.0651. The number of furan rings is 2. The van der Waals surface area contributed by atoms with E-state index in [0.717, 1.165) is 0 Å². The van der Waals surface area contributed by atoms with E-state index in [1.54, 1.807) is 90.7 Å². The Morgan fingerprint density at radius 1 is 0.285 bits per heavy atom. The Balaban J connectivity index is 0.972. The lowest BCUT2D eigenvalue weighted by molar-refractivity contribution is 0.481. The molecule has 0 atom stereocenters. The fraction of sp³-hybridized carbons (Fsp3) is 0.228. The summed E-state index contributed by atoms with van der Waals surface area (Å²) in [7, 11) is 0. The van der Waals surface area contributed by atoms with Crippen molar-refractivity contribution >= 4 is 177 Å². The van der Waals surface area contributed by atoms with Crippen LogP contribution in [0.1, 0.15) is 159 Å². The van der Waals surface area contributed by atoms with Gasteiger partial charge in [0.05, 0.1) is 45.7 Å². The number of hydrogen-bond acceptors (Lipinski definition) is 10. The Bertz CT molecular complexity index is 7120. The van der Waals surface area contributed by atoms with Gasteiger partial charge in [0.1, 0.15) is 51.1 Å². The molecule has 0 unspecified atom stereocenters. The van der Waals surface area contributed by atoms with Gasteiger partial charge in [-0.1, -0.05) is 122 Å². The molecule has 0 saturated carbocycles. The predicted octanol–water partition coefficient (Wildman–Crippen LogP) is 22.2. The quantitative estimate of drug-likeness (QED) is 0.122. The van der Waals surface area contributed by atoms with E-state index < -0.39 is 122 Å². The molecule has 0 N–H and O–H groups in total. The molecule has 6 aliphatic rings. The maximum Gasteiger partial charge on any atom is 0.301 e. The highest BCUT2D eigenvalue weighted by Gasteiger charge is 2.55. The van der Waals surface area contributed by atoms with Gasteiger partial charge in [-0.25, -0.2) is 39.5 Å². The maximum absolute atomic E-state index is 18.9. The molecule has 0 fully saturated rings. The van der Waals surface area contributed by atoms with Gasteiger partial charge in [-0.15, -0.1) is 0 Å². The average Bonchev–Trinajstić information content (AvgIpc) is 1.55. The largest absolute Gasteiger partial charge is 0.468 e. The van der Waals surface area contributed by atoms with Crippen LogP contribution in [0.15, 0.2) is 173 Å². The van der Waals surface area contributed by atoms with Crippen LogP contribution in [0.25, 0.3) is 21.9 Å². The average molecular weight is 1640 g/mol. The Hall–Kier alpha value is -12.9. The standard InChI is InChI=1S/C101H81B3F9N7O3/c1-48-25-78-86-79(26-48)118(91-67(108)36-55(37-68(91)109)99(10,11)12)75-45-77-63(104-88-82(120(77)93-71(112)40-57(41-72(93)113)101(16,17)18)29-50(3)30-85(88)121-94-59-32-52(47-115)20-24-84(59)123-96(94)104)43-61(75)102(86)60-42-62-76(44-74(60)117(78)90-65(106)34-54(35-66(90)107)98(7,8)9)119(92-69(110)38-56(39-70(92)111)100(13,14)15)81-28-49(2)27-80-87(81)103(62)95-89(58-31-51(46-114)19-23-83(58)122-95)116(80)73-22-21-53(33-64(73)105)97(4,5)6/h19-45H,1-18H3. The molecule has 0 aliphatic carbocycles. The number of anilines is 15. The summed E-state index contributed by atoms with van der Waals surface area (Å²) in [6.45, 7) is 29.7. The van der Waals surface area contributed by atoms with Gasteiger partial charge < -0.3 is 38.1 Å². The van der Waals surface area contributed by atoms with E-state index in [1.807, 2.05) is 148 Å². The van der Waals surface area contributed by atoms with E-state index in [9.17, 15) is 10.5 Å². The molecule has 610 valence electrons. The molecular formula is C101H81B3F9N7O3. The van der Waals surface area contributed by atoms with Gasteiger partial charge in [0.2, 0.25) is 0 Å². The summed E-state index contributed by atoms with van der Waals surface area (Å²) in [5.74, 6) is -8.04. The Kier molecular flexibility index (Phi) is 16.8. The second-order valence-corrected chi connectivity index (χ2v) is 39.0. The van der Waals surface area contributed by atoms with Crippen LogP contribution < -0.4 is 78.8 Å². The van der Waals surface area contributed by atoms with Crippen molar-refractivity contribution < 1.29 is 53.1 Å². The van der Waals surface area contributed by atoms with Crippen LogP contribution >= 0.6 is 0 Å². The Morgan fingerprint density at radius 3 is 0.959 bits per heavy atom. The molecule has 0 bridgehead atoms. The Labute approximate surface area is 708 Å². The van der Waals surface area contributed by atoms with Crippen molar-refractivity contribution in [1.82, 2.24) is 0 Å². The molecule has 22 heteroatoms. The first-order valence-electron chi connectivity index (χ1n) is 41.2. The first-order valence-corrected chi connectivity index (χ1v) is 41.2. The van der Waals surface area contributed by atoms with Crippen molar-refractivity contribution in [2.45, 2.75) is 152 Å². The van der Waals surface area contributed by atoms with Crippen LogP contribution in [-0.2, 0) is 27.1 Å². The van der Waals surface area contributed by atoms with Crippen molar-refractivity contribution in [2.24, 2.45) is 0 Å². The third-order valence-electron chi connectivity index (χ3n) is 25.5. The molecule has 0 radical (unpaired) electrons. The minimum Gasteiger partial charge on any atom is -0.468 e. The third-order valence-corrected chi connectivity index (χ3v) is 25.5. The molecule has 14 aromatic rings. The first kappa shape index (κ1) is 78.6. The van der Waals surface area contributed by atoms with E-state index >= 15 is 39.5 Å². The number of fused-ring (bicyclic) bond motifs is 16. The summed E-state index contributed by atoms with van der Waals surface area (Å²) >= 11 is 0. The SMILES string of the molecule is Cc1cc2c3c(c1)N(c1c(F)cc(C(C)(C)C)cc1F)c1cc4c(cc1B3c1oc3ccc(C#N)cc3c1O2)B1c2cc3c(cc2N(c2c(F)cc(C(C)(C)C)cc2F)c2cc(C)cc(c21)N4c1c(F)cc(C(C)(C)C)cc1F)N(c1c(F)cc(C(C)(C)C)cc1F)c1cc(C)cc2c1B3c1oc3ccc(C#N)cc3c1N2c1ccc(C(C)(C)C)cc1F. The summed E-state index contributed by atoms with van der Waals surface area (Å²) in [6.07, 6.45) is 0. The van der Waals surface area contributed by atoms with Crippen molar-refractivity contribution in [2.75, 3.05) is 24.5 Å². The fourth-order valence-corrected chi connectivity index (χ4v) is 19.4. The zero-order valence-electron chi connectivity index (χ0n) is 71.1. The van der Waals surface area contributed by atoms with Gasteiger partial charge in [0.15, 0.2) is 52.3 Å². The van der Waals surface area contributed by atoms with Crippen LogP contribution in [0.4, 0.5) is 125 Å². The lowest BCUT2D eigenvalue weighted by Gasteiger charge is -2.47. The number of hydrogen-bond donors (Lipinski definition) is 0. The van der Waals surface area contributed by atoms with Crippen molar-refractivity contribution in [3.05, 3.63) is 272 Å². The van der Waals surface area contributed by atoms with Gasteiger partial charge >= 0.3 is 6.71 Å². The molecule has 8 heterocycles. The van der Waals surface area contributed by atoms with Gasteiger partial charge in [-0.2, -0.15) is 10.5 Å². The van der Waals surface area contributed by atoms with Crippen LogP contribution in [0.3, 0.4) is 0 Å². The van der Waals surface area contributed by atoms with E-state index in [1.165, 1.54) is 74.2 Å². The molecular weight excluding hydrogens is 1560 g/mol. The van der Waals surface area contributed by atoms with Crippen LogP contribution in [0.5, 0.6) is 11.5 Å². The van der Waals surface area contributed by atoms with E-state index in [2.05, 4.69) is 12.1 Å². The highest BCUT2D eigenvalue weighted by Crippen LogP contribution is 2.56. The maximum atomic E-state index is 18.9. The number of ether oxygens (including phenoxy) is 1. The molecule has 0 amide bonds. The van der Waals surface area contributed by atoms with Crippen molar-refractivity contribution in [3.63, 3.8) is 0 Å². The monoisotopic (exact) mass is 1640 g/mol. The van der Waals surface area contributed by atoms with Crippen LogP contribution in [-0.4, -0.2) is 20.1 Å². The van der Waals surface area contributed by atoms with E-state index in [4.69, 9.17) is 13.6 Å². The van der Waals surface area contributed by atoms with Crippen LogP contribution in [0, 0.1) is 95.8 Å². The predicted molar refractivity (Wildman–Crippen MR) is 477 cm³/mol. The van der Waals surface area contributed by atoms with E-state index in [-0.39, 0.29) is 107 Å². The second kappa shape index (κ2) is 26.3. The fourth-order valence-electron chi connectivity index (χ4n) is 19.4. The summed E-state index contributed by atoms with van der Waals surface area (Å²) in [4.78, 5) is 7.57. The van der Waals surface area contributed by atoms with Gasteiger partial charge in [0, 0.05) is 62.0 Å². The van der Waals surface area contributed by atoms with Crippen LogP contribution in [0.2, 0.25) is 0 Å². The zero-order valence-corrected chi connectivity index (χ0v) is 71.1. The van der Waals surface area contributed by atoms with Crippen molar-refractivity contribution in [1.29, 1.82) is 10.5 Å². The lowest BCUT2D eigenvalue weighted by Crippen LogP contribution is -2.66. The topological polar surface area (TPSA) is 99.3 Å². The number of nitriles is 2. The Morgan fingerprint density at radius 2 is 0.593 bits per heavy atom. The third kappa shape index (κ3) is 11.6. The first-order chi connectivity index (χ1) is 58.0. The second-order valence-electron chi connectivity index (χ2n) is 39.0. The molecule has 10 nitrogen and oxygen atoms in total. The van der Waals surface area contributed by atoms with E-state index in [0.29, 0.717) is 94.1 Å². The highest BCUT2D eigenvalue weighted by atomic mass is 19.2. The molecule has 123 heavy (non-hydrogen) atoms. The summed E-state index contributed by atoms with van der Waals surface area (Å²) in [6, 6.07) is 47.4. The number of rotatable bonds is 5. The number of benzene rings is 12. The number of nitrogens with zero attached hydrogens (tertiary/aromatic N) is 7. The summed E-state index contributed by atoms with van der Waals surface area (Å²) < 4.78 is 189.